The molecule has 1 aromatic rings. The molecule has 0 aliphatic carbocycles. The Labute approximate surface area is 77.9 Å². The fourth-order valence-electron chi connectivity index (χ4n) is 1.01. The highest BCUT2D eigenvalue weighted by molar-refractivity contribution is 5.24. The maximum Gasteiger partial charge on any atom is 0.238 e. The predicted octanol–water partition coefficient (Wildman–Crippen LogP) is 1.62. The minimum atomic E-state index is 0.299. The van der Waals surface area contributed by atoms with Crippen LogP contribution in [-0.2, 0) is 0 Å². The summed E-state index contributed by atoms with van der Waals surface area (Å²) in [4.78, 5) is 8.33. The number of hydrogen-bond donors (Lipinski definition) is 0. The standard InChI is InChI=1S/C9H14N2O2/c1-6(2)8-9(13-4)11-7(12-3)5-10-8/h5-6H,1-4H3. The van der Waals surface area contributed by atoms with Crippen LogP contribution in [0.4, 0.5) is 0 Å². The summed E-state index contributed by atoms with van der Waals surface area (Å²) in [6.07, 6.45) is 1.60. The second kappa shape index (κ2) is 4.07. The van der Waals surface area contributed by atoms with E-state index in [2.05, 4.69) is 9.97 Å². The van der Waals surface area contributed by atoms with Crippen LogP contribution < -0.4 is 9.47 Å². The van der Waals surface area contributed by atoms with Gasteiger partial charge in [0, 0.05) is 5.92 Å². The molecule has 0 saturated heterocycles. The van der Waals surface area contributed by atoms with Crippen molar-refractivity contribution in [2.24, 2.45) is 0 Å². The second-order valence-corrected chi connectivity index (χ2v) is 2.96. The van der Waals surface area contributed by atoms with Crippen LogP contribution in [0.15, 0.2) is 6.20 Å². The lowest BCUT2D eigenvalue weighted by Crippen LogP contribution is -2.01. The van der Waals surface area contributed by atoms with Crippen LogP contribution >= 0.6 is 0 Å². The largest absolute Gasteiger partial charge is 0.480 e. The molecule has 0 amide bonds. The maximum atomic E-state index is 5.10. The monoisotopic (exact) mass is 182 g/mol. The molecular formula is C9H14N2O2. The average molecular weight is 182 g/mol. The first kappa shape index (κ1) is 9.77. The molecule has 0 atom stereocenters. The fourth-order valence-corrected chi connectivity index (χ4v) is 1.01. The van der Waals surface area contributed by atoms with Gasteiger partial charge in [-0.2, -0.15) is 4.98 Å². The van der Waals surface area contributed by atoms with Crippen LogP contribution in [0.5, 0.6) is 11.8 Å². The molecule has 0 radical (unpaired) electrons. The quantitative estimate of drug-likeness (QED) is 0.712. The van der Waals surface area contributed by atoms with E-state index in [0.29, 0.717) is 17.7 Å². The van der Waals surface area contributed by atoms with Crippen molar-refractivity contribution in [1.82, 2.24) is 9.97 Å². The lowest BCUT2D eigenvalue weighted by molar-refractivity contribution is 0.355. The van der Waals surface area contributed by atoms with Crippen molar-refractivity contribution in [2.45, 2.75) is 19.8 Å². The molecule has 0 fully saturated rings. The second-order valence-electron chi connectivity index (χ2n) is 2.96. The molecule has 0 saturated carbocycles. The third-order valence-electron chi connectivity index (χ3n) is 1.69. The Morgan fingerprint density at radius 2 is 1.92 bits per heavy atom. The molecule has 1 heterocycles. The van der Waals surface area contributed by atoms with Crippen LogP contribution in [0.25, 0.3) is 0 Å². The molecule has 0 spiro atoms. The van der Waals surface area contributed by atoms with Gasteiger partial charge in [-0.05, 0) is 0 Å². The highest BCUT2D eigenvalue weighted by atomic mass is 16.5. The molecule has 0 aromatic carbocycles. The van der Waals surface area contributed by atoms with E-state index in [0.717, 1.165) is 5.69 Å². The molecule has 4 heteroatoms. The summed E-state index contributed by atoms with van der Waals surface area (Å²) in [6, 6.07) is 0. The van der Waals surface area contributed by atoms with Crippen LogP contribution in [0.2, 0.25) is 0 Å². The molecule has 0 unspecified atom stereocenters. The summed E-state index contributed by atoms with van der Waals surface area (Å²) in [7, 11) is 3.13. The molecule has 0 bridgehead atoms. The molecule has 4 nitrogen and oxygen atoms in total. The first-order valence-corrected chi connectivity index (χ1v) is 4.14. The maximum absolute atomic E-state index is 5.10. The Morgan fingerprint density at radius 3 is 2.38 bits per heavy atom. The van der Waals surface area contributed by atoms with E-state index >= 15 is 0 Å². The molecule has 1 aromatic heterocycles. The van der Waals surface area contributed by atoms with Gasteiger partial charge >= 0.3 is 0 Å². The molecule has 0 aliphatic rings. The number of ether oxygens (including phenoxy) is 2. The minimum absolute atomic E-state index is 0.299. The van der Waals surface area contributed by atoms with Crippen molar-refractivity contribution in [2.75, 3.05) is 14.2 Å². The van der Waals surface area contributed by atoms with Crippen LogP contribution in [-0.4, -0.2) is 24.2 Å². The molecule has 72 valence electrons. The summed E-state index contributed by atoms with van der Waals surface area (Å²) in [5.41, 5.74) is 0.850. The highest BCUT2D eigenvalue weighted by Crippen LogP contribution is 2.23. The number of methoxy groups -OCH3 is 2. The molecule has 0 N–H and O–H groups in total. The number of aromatic nitrogens is 2. The van der Waals surface area contributed by atoms with Gasteiger partial charge in [0.1, 0.15) is 5.69 Å². The summed E-state index contributed by atoms with van der Waals surface area (Å²) >= 11 is 0. The van der Waals surface area contributed by atoms with Crippen LogP contribution in [0.1, 0.15) is 25.5 Å². The van der Waals surface area contributed by atoms with Gasteiger partial charge in [-0.25, -0.2) is 4.98 Å². The first-order valence-electron chi connectivity index (χ1n) is 4.14. The van der Waals surface area contributed by atoms with Gasteiger partial charge in [0.15, 0.2) is 0 Å². The van der Waals surface area contributed by atoms with Gasteiger partial charge in [-0.3, -0.25) is 0 Å². The molecule has 0 aliphatic heterocycles. The zero-order valence-electron chi connectivity index (χ0n) is 8.37. The Bertz CT molecular complexity index is 287. The van der Waals surface area contributed by atoms with Crippen molar-refractivity contribution in [3.63, 3.8) is 0 Å². The smallest absolute Gasteiger partial charge is 0.238 e. The van der Waals surface area contributed by atoms with Gasteiger partial charge in [0.2, 0.25) is 11.8 Å². The molecule has 1 rings (SSSR count). The van der Waals surface area contributed by atoms with E-state index in [1.165, 1.54) is 0 Å². The van der Waals surface area contributed by atoms with Crippen molar-refractivity contribution >= 4 is 0 Å². The minimum Gasteiger partial charge on any atom is -0.480 e. The SMILES string of the molecule is COc1cnc(C(C)C)c(OC)n1. The summed E-state index contributed by atoms with van der Waals surface area (Å²) in [5, 5.41) is 0. The van der Waals surface area contributed by atoms with E-state index in [-0.39, 0.29) is 0 Å². The van der Waals surface area contributed by atoms with Gasteiger partial charge in [-0.15, -0.1) is 0 Å². The van der Waals surface area contributed by atoms with Crippen LogP contribution in [0.3, 0.4) is 0 Å². The van der Waals surface area contributed by atoms with Crippen molar-refractivity contribution in [1.29, 1.82) is 0 Å². The lowest BCUT2D eigenvalue weighted by atomic mass is 10.1. The first-order chi connectivity index (χ1) is 6.19. The van der Waals surface area contributed by atoms with E-state index in [1.54, 1.807) is 20.4 Å². The third kappa shape index (κ3) is 2.08. The third-order valence-corrected chi connectivity index (χ3v) is 1.69. The highest BCUT2D eigenvalue weighted by Gasteiger charge is 2.11. The zero-order chi connectivity index (χ0) is 9.84. The topological polar surface area (TPSA) is 44.2 Å². The summed E-state index contributed by atoms with van der Waals surface area (Å²) in [5.74, 6) is 1.31. The van der Waals surface area contributed by atoms with Gasteiger partial charge in [0.05, 0.1) is 20.4 Å². The Hall–Kier alpha value is -1.32. The van der Waals surface area contributed by atoms with E-state index in [9.17, 15) is 0 Å². The van der Waals surface area contributed by atoms with E-state index in [1.807, 2.05) is 13.8 Å². The molecule has 13 heavy (non-hydrogen) atoms. The van der Waals surface area contributed by atoms with E-state index in [4.69, 9.17) is 9.47 Å². The van der Waals surface area contributed by atoms with Crippen LogP contribution in [0, 0.1) is 0 Å². The Morgan fingerprint density at radius 1 is 1.23 bits per heavy atom. The normalized spacial score (nSPS) is 10.2. The lowest BCUT2D eigenvalue weighted by Gasteiger charge is -2.09. The zero-order valence-corrected chi connectivity index (χ0v) is 8.37. The van der Waals surface area contributed by atoms with Gasteiger partial charge < -0.3 is 9.47 Å². The average Bonchev–Trinajstić information content (AvgIpc) is 2.16. The van der Waals surface area contributed by atoms with Gasteiger partial charge in [-0.1, -0.05) is 13.8 Å². The number of rotatable bonds is 3. The van der Waals surface area contributed by atoms with Gasteiger partial charge in [0.25, 0.3) is 0 Å². The summed E-state index contributed by atoms with van der Waals surface area (Å²) in [6.45, 7) is 4.08. The predicted molar refractivity (Wildman–Crippen MR) is 49.2 cm³/mol. The molecular weight excluding hydrogens is 168 g/mol. The number of hydrogen-bond acceptors (Lipinski definition) is 4. The Balaban J connectivity index is 3.08. The fraction of sp³-hybridized carbons (Fsp3) is 0.556. The van der Waals surface area contributed by atoms with Crippen molar-refractivity contribution < 1.29 is 9.47 Å². The Kier molecular flexibility index (Phi) is 3.06. The summed E-state index contributed by atoms with van der Waals surface area (Å²) < 4.78 is 10.0. The number of nitrogens with zero attached hydrogens (tertiary/aromatic N) is 2. The van der Waals surface area contributed by atoms with Crippen molar-refractivity contribution in [3.05, 3.63) is 11.9 Å². The van der Waals surface area contributed by atoms with E-state index < -0.39 is 0 Å². The van der Waals surface area contributed by atoms with Crippen molar-refractivity contribution in [3.8, 4) is 11.8 Å².